The second-order valence-electron chi connectivity index (χ2n) is 3.87. The maximum atomic E-state index is 11.7. The summed E-state index contributed by atoms with van der Waals surface area (Å²) in [6.07, 6.45) is 0.664. The average molecular weight is 240 g/mol. The van der Waals surface area contributed by atoms with E-state index in [1.54, 1.807) is 6.07 Å². The van der Waals surface area contributed by atoms with Crippen molar-refractivity contribution in [3.05, 3.63) is 24.3 Å². The van der Waals surface area contributed by atoms with Gasteiger partial charge in [-0.15, -0.1) is 0 Å². The van der Waals surface area contributed by atoms with Crippen LogP contribution >= 0.6 is 0 Å². The van der Waals surface area contributed by atoms with Crippen molar-refractivity contribution in [2.45, 2.75) is 13.3 Å². The monoisotopic (exact) mass is 240 g/mol. The SMILES string of the molecule is CCN1CCCS(=O)(=O)Nc2ccccc21. The fourth-order valence-electron chi connectivity index (χ4n) is 1.95. The predicted molar refractivity (Wildman–Crippen MR) is 66.4 cm³/mol. The van der Waals surface area contributed by atoms with Crippen LogP contribution in [0.3, 0.4) is 0 Å². The molecular formula is C11H16N2O2S. The lowest BCUT2D eigenvalue weighted by Gasteiger charge is -2.28. The first kappa shape index (κ1) is 11.3. The van der Waals surface area contributed by atoms with Gasteiger partial charge in [0.1, 0.15) is 0 Å². The van der Waals surface area contributed by atoms with Crippen LogP contribution in [0.4, 0.5) is 11.4 Å². The maximum Gasteiger partial charge on any atom is 0.232 e. The number of anilines is 2. The molecule has 1 aliphatic heterocycles. The van der Waals surface area contributed by atoms with Crippen LogP contribution < -0.4 is 9.62 Å². The van der Waals surface area contributed by atoms with Gasteiger partial charge in [-0.2, -0.15) is 0 Å². The van der Waals surface area contributed by atoms with Crippen molar-refractivity contribution in [3.63, 3.8) is 0 Å². The number of fused-ring (bicyclic) bond motifs is 1. The zero-order chi connectivity index (χ0) is 11.6. The van der Waals surface area contributed by atoms with Crippen LogP contribution in [0.15, 0.2) is 24.3 Å². The van der Waals surface area contributed by atoms with Gasteiger partial charge in [-0.05, 0) is 25.5 Å². The zero-order valence-corrected chi connectivity index (χ0v) is 10.1. The number of benzene rings is 1. The fourth-order valence-corrected chi connectivity index (χ4v) is 3.07. The molecule has 0 aliphatic carbocycles. The minimum absolute atomic E-state index is 0.192. The van der Waals surface area contributed by atoms with Gasteiger partial charge < -0.3 is 4.90 Å². The third kappa shape index (κ3) is 2.29. The highest BCUT2D eigenvalue weighted by Gasteiger charge is 2.19. The Morgan fingerprint density at radius 2 is 2.12 bits per heavy atom. The number of nitrogens with zero attached hydrogens (tertiary/aromatic N) is 1. The standard InChI is InChI=1S/C11H16N2O2S/c1-2-13-8-5-9-16(14,15)12-10-6-3-4-7-11(10)13/h3-4,6-7,12H,2,5,8-9H2,1H3. The lowest BCUT2D eigenvalue weighted by Crippen LogP contribution is -2.31. The number of hydrogen-bond donors (Lipinski definition) is 1. The molecule has 88 valence electrons. The molecule has 0 bridgehead atoms. The summed E-state index contributed by atoms with van der Waals surface area (Å²) in [5.41, 5.74) is 1.65. The molecule has 0 aromatic heterocycles. The van der Waals surface area contributed by atoms with Crippen LogP contribution in [0.2, 0.25) is 0 Å². The van der Waals surface area contributed by atoms with Crippen molar-refractivity contribution in [2.24, 2.45) is 0 Å². The van der Waals surface area contributed by atoms with Crippen LogP contribution in [0.25, 0.3) is 0 Å². The normalized spacial score (nSPS) is 19.2. The maximum absolute atomic E-state index is 11.7. The highest BCUT2D eigenvalue weighted by atomic mass is 32.2. The van der Waals surface area contributed by atoms with E-state index in [1.807, 2.05) is 18.2 Å². The molecule has 5 heteroatoms. The molecule has 16 heavy (non-hydrogen) atoms. The summed E-state index contributed by atoms with van der Waals surface area (Å²) < 4.78 is 25.9. The average Bonchev–Trinajstić information content (AvgIpc) is 2.23. The molecule has 4 nitrogen and oxygen atoms in total. The Balaban J connectivity index is 2.44. The summed E-state index contributed by atoms with van der Waals surface area (Å²) in [4.78, 5) is 2.19. The smallest absolute Gasteiger partial charge is 0.232 e. The molecular weight excluding hydrogens is 224 g/mol. The van der Waals surface area contributed by atoms with Crippen molar-refractivity contribution in [3.8, 4) is 0 Å². The van der Waals surface area contributed by atoms with Crippen LogP contribution in [-0.2, 0) is 10.0 Å². The summed E-state index contributed by atoms with van der Waals surface area (Å²) in [5, 5.41) is 0. The highest BCUT2D eigenvalue weighted by molar-refractivity contribution is 7.92. The molecule has 1 aromatic carbocycles. The minimum atomic E-state index is -3.16. The Hall–Kier alpha value is -1.23. The quantitative estimate of drug-likeness (QED) is 0.812. The second kappa shape index (κ2) is 4.33. The van der Waals surface area contributed by atoms with E-state index in [0.717, 1.165) is 18.8 Å². The van der Waals surface area contributed by atoms with Gasteiger partial charge in [0.15, 0.2) is 0 Å². The van der Waals surface area contributed by atoms with E-state index in [1.165, 1.54) is 0 Å². The fraction of sp³-hybridized carbons (Fsp3) is 0.455. The van der Waals surface area contributed by atoms with Gasteiger partial charge in [-0.3, -0.25) is 4.72 Å². The van der Waals surface area contributed by atoms with E-state index in [9.17, 15) is 8.42 Å². The Morgan fingerprint density at radius 1 is 1.38 bits per heavy atom. The van der Waals surface area contributed by atoms with Crippen molar-refractivity contribution in [1.82, 2.24) is 0 Å². The predicted octanol–water partition coefficient (Wildman–Crippen LogP) is 1.66. The number of rotatable bonds is 1. The van der Waals surface area contributed by atoms with E-state index in [-0.39, 0.29) is 5.75 Å². The molecule has 0 spiro atoms. The van der Waals surface area contributed by atoms with Gasteiger partial charge in [-0.1, -0.05) is 12.1 Å². The van der Waals surface area contributed by atoms with E-state index >= 15 is 0 Å². The Bertz CT molecular complexity index is 471. The Kier molecular flexibility index (Phi) is 3.05. The third-order valence-electron chi connectivity index (χ3n) is 2.73. The molecule has 1 N–H and O–H groups in total. The molecule has 0 saturated heterocycles. The molecule has 0 radical (unpaired) electrons. The number of hydrogen-bond acceptors (Lipinski definition) is 3. The van der Waals surface area contributed by atoms with Crippen LogP contribution in [0, 0.1) is 0 Å². The van der Waals surface area contributed by atoms with Crippen molar-refractivity contribution in [2.75, 3.05) is 28.5 Å². The molecule has 0 unspecified atom stereocenters. The summed E-state index contributed by atoms with van der Waals surface area (Å²) in [5.74, 6) is 0.192. The zero-order valence-electron chi connectivity index (χ0n) is 9.31. The molecule has 0 fully saturated rings. The molecule has 0 saturated carbocycles. The molecule has 0 amide bonds. The highest BCUT2D eigenvalue weighted by Crippen LogP contribution is 2.28. The summed E-state index contributed by atoms with van der Waals surface area (Å²) >= 11 is 0. The summed E-state index contributed by atoms with van der Waals surface area (Å²) in [6.45, 7) is 3.75. The Morgan fingerprint density at radius 3 is 2.88 bits per heavy atom. The number of sulfonamides is 1. The van der Waals surface area contributed by atoms with Gasteiger partial charge in [0.05, 0.1) is 17.1 Å². The first-order valence-corrected chi connectivity index (χ1v) is 7.12. The minimum Gasteiger partial charge on any atom is -0.370 e. The van der Waals surface area contributed by atoms with Crippen molar-refractivity contribution in [1.29, 1.82) is 0 Å². The summed E-state index contributed by atoms with van der Waals surface area (Å²) in [7, 11) is -3.16. The lowest BCUT2D eigenvalue weighted by molar-refractivity contribution is 0.597. The number of nitrogens with one attached hydrogen (secondary N) is 1. The van der Waals surface area contributed by atoms with Crippen LogP contribution in [0.5, 0.6) is 0 Å². The van der Waals surface area contributed by atoms with E-state index in [0.29, 0.717) is 12.1 Å². The van der Waals surface area contributed by atoms with E-state index < -0.39 is 10.0 Å². The third-order valence-corrected chi connectivity index (χ3v) is 4.09. The van der Waals surface area contributed by atoms with Gasteiger partial charge in [0, 0.05) is 13.1 Å². The first-order chi connectivity index (χ1) is 7.62. The van der Waals surface area contributed by atoms with Gasteiger partial charge in [0.25, 0.3) is 0 Å². The van der Waals surface area contributed by atoms with Gasteiger partial charge in [0.2, 0.25) is 10.0 Å². The van der Waals surface area contributed by atoms with E-state index in [2.05, 4.69) is 16.5 Å². The largest absolute Gasteiger partial charge is 0.370 e. The summed E-state index contributed by atoms with van der Waals surface area (Å²) in [6, 6.07) is 7.53. The molecule has 1 aliphatic rings. The van der Waals surface area contributed by atoms with Crippen LogP contribution in [0.1, 0.15) is 13.3 Å². The van der Waals surface area contributed by atoms with Crippen LogP contribution in [-0.4, -0.2) is 27.3 Å². The topological polar surface area (TPSA) is 49.4 Å². The molecule has 1 heterocycles. The molecule has 1 aromatic rings. The van der Waals surface area contributed by atoms with Crippen molar-refractivity contribution < 1.29 is 8.42 Å². The Labute approximate surface area is 96.3 Å². The first-order valence-electron chi connectivity index (χ1n) is 5.47. The lowest BCUT2D eigenvalue weighted by atomic mass is 10.2. The van der Waals surface area contributed by atoms with Gasteiger partial charge >= 0.3 is 0 Å². The molecule has 0 atom stereocenters. The number of para-hydroxylation sites is 2. The van der Waals surface area contributed by atoms with Gasteiger partial charge in [-0.25, -0.2) is 8.42 Å². The van der Waals surface area contributed by atoms with Crippen molar-refractivity contribution >= 4 is 21.4 Å². The van der Waals surface area contributed by atoms with E-state index in [4.69, 9.17) is 0 Å². The second-order valence-corrected chi connectivity index (χ2v) is 5.71. The molecule has 2 rings (SSSR count).